The largest absolute Gasteiger partial charge is 0.354 e. The molecule has 0 bridgehead atoms. The monoisotopic (exact) mass is 377 g/mol. The van der Waals surface area contributed by atoms with Crippen LogP contribution in [0.4, 0.5) is 5.95 Å². The van der Waals surface area contributed by atoms with Gasteiger partial charge < -0.3 is 5.32 Å². The first kappa shape index (κ1) is 17.3. The van der Waals surface area contributed by atoms with Gasteiger partial charge >= 0.3 is 0 Å². The average molecular weight is 377 g/mol. The second-order valence-electron chi connectivity index (χ2n) is 6.07. The van der Waals surface area contributed by atoms with Gasteiger partial charge in [-0.1, -0.05) is 30.3 Å². The number of hydrogen-bond donors (Lipinski definition) is 1. The summed E-state index contributed by atoms with van der Waals surface area (Å²) in [5.41, 5.74) is 3.96. The van der Waals surface area contributed by atoms with E-state index in [1.165, 1.54) is 0 Å². The Morgan fingerprint density at radius 2 is 2.04 bits per heavy atom. The van der Waals surface area contributed by atoms with Gasteiger partial charge in [-0.15, -0.1) is 11.3 Å². The van der Waals surface area contributed by atoms with Crippen molar-refractivity contribution in [1.29, 1.82) is 0 Å². The Morgan fingerprint density at radius 1 is 1.15 bits per heavy atom. The third kappa shape index (κ3) is 4.17. The van der Waals surface area contributed by atoms with Crippen molar-refractivity contribution in [2.75, 3.05) is 11.9 Å². The summed E-state index contributed by atoms with van der Waals surface area (Å²) < 4.78 is 1.81. The molecule has 136 valence electrons. The molecule has 0 atom stereocenters. The van der Waals surface area contributed by atoms with Gasteiger partial charge in [0, 0.05) is 30.2 Å². The Hall–Kier alpha value is -3.13. The van der Waals surface area contributed by atoms with Crippen LogP contribution in [-0.2, 0) is 6.54 Å². The lowest BCUT2D eigenvalue weighted by molar-refractivity contribution is 0.589. The molecule has 1 aromatic carbocycles. The molecule has 3 aromatic heterocycles. The molecular formula is C19H19N7S. The van der Waals surface area contributed by atoms with Gasteiger partial charge in [0.05, 0.1) is 5.69 Å². The van der Waals surface area contributed by atoms with Crippen LogP contribution in [0.25, 0.3) is 22.0 Å². The number of aryl methyl sites for hydroxylation is 2. The summed E-state index contributed by atoms with van der Waals surface area (Å²) in [5.74, 6) is 0.616. The van der Waals surface area contributed by atoms with Crippen molar-refractivity contribution in [3.63, 3.8) is 0 Å². The fourth-order valence-corrected chi connectivity index (χ4v) is 3.54. The van der Waals surface area contributed by atoms with Crippen LogP contribution in [0.15, 0.2) is 54.6 Å². The molecule has 8 heteroatoms. The van der Waals surface area contributed by atoms with Gasteiger partial charge in [-0.2, -0.15) is 5.10 Å². The maximum Gasteiger partial charge on any atom is 0.223 e. The first-order valence-corrected chi connectivity index (χ1v) is 9.59. The SMILES string of the molecule is Cc1cnc(NCCCn2cncn2)nc1-c1nc(-c2ccccc2)cs1. The molecule has 0 aliphatic carbocycles. The van der Waals surface area contributed by atoms with Crippen LogP contribution in [0.5, 0.6) is 0 Å². The predicted octanol–water partition coefficient (Wildman–Crippen LogP) is 3.67. The number of nitrogens with zero attached hydrogens (tertiary/aromatic N) is 6. The molecule has 0 spiro atoms. The summed E-state index contributed by atoms with van der Waals surface area (Å²) >= 11 is 1.60. The predicted molar refractivity (Wildman–Crippen MR) is 106 cm³/mol. The maximum absolute atomic E-state index is 4.76. The standard InChI is InChI=1S/C19H19N7S/c1-14-10-22-19(21-8-5-9-26-13-20-12-23-26)25-17(14)18-24-16(11-27-18)15-6-3-2-4-7-15/h2-4,6-7,10-13H,5,8-9H2,1H3,(H,21,22,25). The Morgan fingerprint density at radius 3 is 2.85 bits per heavy atom. The minimum atomic E-state index is 0.616. The lowest BCUT2D eigenvalue weighted by Gasteiger charge is -2.07. The second kappa shape index (κ2) is 8.05. The lowest BCUT2D eigenvalue weighted by Crippen LogP contribution is -2.09. The van der Waals surface area contributed by atoms with Gasteiger partial charge in [0.1, 0.15) is 23.4 Å². The molecule has 3 heterocycles. The number of hydrogen-bond acceptors (Lipinski definition) is 7. The molecule has 0 radical (unpaired) electrons. The third-order valence-electron chi connectivity index (χ3n) is 4.06. The highest BCUT2D eigenvalue weighted by Gasteiger charge is 2.12. The molecule has 0 saturated heterocycles. The van der Waals surface area contributed by atoms with Crippen LogP contribution >= 0.6 is 11.3 Å². The summed E-state index contributed by atoms with van der Waals surface area (Å²) in [6, 6.07) is 10.2. The molecule has 0 aliphatic heterocycles. The van der Waals surface area contributed by atoms with Crippen LogP contribution in [0.2, 0.25) is 0 Å². The van der Waals surface area contributed by atoms with E-state index in [1.807, 2.05) is 36.0 Å². The topological polar surface area (TPSA) is 81.4 Å². The summed E-state index contributed by atoms with van der Waals surface area (Å²) in [6.45, 7) is 3.57. The zero-order valence-electron chi connectivity index (χ0n) is 14.9. The van der Waals surface area contributed by atoms with Gasteiger partial charge in [-0.05, 0) is 18.9 Å². The Kier molecular flexibility index (Phi) is 5.15. The normalized spacial score (nSPS) is 10.9. The number of nitrogens with one attached hydrogen (secondary N) is 1. The van der Waals surface area contributed by atoms with Crippen molar-refractivity contribution in [3.8, 4) is 22.0 Å². The zero-order valence-corrected chi connectivity index (χ0v) is 15.7. The van der Waals surface area contributed by atoms with E-state index >= 15 is 0 Å². The molecule has 1 N–H and O–H groups in total. The molecule has 4 rings (SSSR count). The molecule has 4 aromatic rings. The quantitative estimate of drug-likeness (QED) is 0.495. The fraction of sp³-hybridized carbons (Fsp3) is 0.211. The highest BCUT2D eigenvalue weighted by Crippen LogP contribution is 2.29. The van der Waals surface area contributed by atoms with Crippen LogP contribution in [0.3, 0.4) is 0 Å². The smallest absolute Gasteiger partial charge is 0.223 e. The molecule has 7 nitrogen and oxygen atoms in total. The minimum absolute atomic E-state index is 0.616. The molecule has 0 fully saturated rings. The number of anilines is 1. The van der Waals surface area contributed by atoms with E-state index in [0.717, 1.165) is 47.0 Å². The summed E-state index contributed by atoms with van der Waals surface area (Å²) in [4.78, 5) is 17.8. The number of rotatable bonds is 7. The Bertz CT molecular complexity index is 996. The van der Waals surface area contributed by atoms with Gasteiger partial charge in [0.15, 0.2) is 0 Å². The van der Waals surface area contributed by atoms with Crippen LogP contribution in [0.1, 0.15) is 12.0 Å². The number of benzene rings is 1. The van der Waals surface area contributed by atoms with Crippen molar-refractivity contribution in [2.24, 2.45) is 0 Å². The van der Waals surface area contributed by atoms with Gasteiger partial charge in [-0.3, -0.25) is 4.68 Å². The van der Waals surface area contributed by atoms with E-state index in [0.29, 0.717) is 5.95 Å². The first-order chi connectivity index (χ1) is 13.3. The number of aromatic nitrogens is 6. The Labute approximate surface area is 161 Å². The van der Waals surface area contributed by atoms with Crippen molar-refractivity contribution >= 4 is 17.3 Å². The van der Waals surface area contributed by atoms with Crippen molar-refractivity contribution < 1.29 is 0 Å². The van der Waals surface area contributed by atoms with Gasteiger partial charge in [0.25, 0.3) is 0 Å². The third-order valence-corrected chi connectivity index (χ3v) is 4.91. The second-order valence-corrected chi connectivity index (χ2v) is 6.93. The van der Waals surface area contributed by atoms with E-state index in [9.17, 15) is 0 Å². The highest BCUT2D eigenvalue weighted by molar-refractivity contribution is 7.13. The molecular weight excluding hydrogens is 358 g/mol. The summed E-state index contributed by atoms with van der Waals surface area (Å²) in [5, 5.41) is 10.3. The van der Waals surface area contributed by atoms with Crippen LogP contribution in [-0.4, -0.2) is 36.3 Å². The molecule has 0 amide bonds. The summed E-state index contributed by atoms with van der Waals surface area (Å²) in [7, 11) is 0. The highest BCUT2D eigenvalue weighted by atomic mass is 32.1. The average Bonchev–Trinajstić information content (AvgIpc) is 3.39. The fourth-order valence-electron chi connectivity index (χ4n) is 2.66. The molecule has 0 unspecified atom stereocenters. The first-order valence-electron chi connectivity index (χ1n) is 8.71. The molecule has 27 heavy (non-hydrogen) atoms. The zero-order chi connectivity index (χ0) is 18.5. The van der Waals surface area contributed by atoms with Crippen molar-refractivity contribution in [3.05, 3.63) is 60.1 Å². The van der Waals surface area contributed by atoms with Crippen molar-refractivity contribution in [1.82, 2.24) is 29.7 Å². The summed E-state index contributed by atoms with van der Waals surface area (Å²) in [6.07, 6.45) is 6.00. The maximum atomic E-state index is 4.76. The molecule has 0 aliphatic rings. The van der Waals surface area contributed by atoms with E-state index in [1.54, 1.807) is 24.0 Å². The number of thiazole rings is 1. The van der Waals surface area contributed by atoms with E-state index in [-0.39, 0.29) is 0 Å². The van der Waals surface area contributed by atoms with Gasteiger partial charge in [0.2, 0.25) is 5.95 Å². The molecule has 0 saturated carbocycles. The van der Waals surface area contributed by atoms with E-state index < -0.39 is 0 Å². The van der Waals surface area contributed by atoms with Crippen molar-refractivity contribution in [2.45, 2.75) is 19.9 Å². The van der Waals surface area contributed by atoms with Crippen LogP contribution in [0, 0.1) is 6.92 Å². The lowest BCUT2D eigenvalue weighted by atomic mass is 10.2. The van der Waals surface area contributed by atoms with E-state index in [4.69, 9.17) is 4.98 Å². The van der Waals surface area contributed by atoms with Crippen LogP contribution < -0.4 is 5.32 Å². The Balaban J connectivity index is 1.45. The van der Waals surface area contributed by atoms with Gasteiger partial charge in [-0.25, -0.2) is 19.9 Å². The minimum Gasteiger partial charge on any atom is -0.354 e. The van der Waals surface area contributed by atoms with E-state index in [2.05, 4.69) is 42.9 Å².